The van der Waals surface area contributed by atoms with E-state index in [1.807, 2.05) is 6.07 Å². The molecule has 27 heavy (non-hydrogen) atoms. The van der Waals surface area contributed by atoms with Gasteiger partial charge in [-0.05, 0) is 98.5 Å². The van der Waals surface area contributed by atoms with Gasteiger partial charge in [-0.3, -0.25) is 0 Å². The van der Waals surface area contributed by atoms with E-state index in [0.717, 1.165) is 32.1 Å². The molecular formula is C23H33FN2O. The molecule has 4 fully saturated rings. The Labute approximate surface area is 162 Å². The normalized spacial score (nSPS) is 29.9. The summed E-state index contributed by atoms with van der Waals surface area (Å²) in [7, 11) is 0. The van der Waals surface area contributed by atoms with Gasteiger partial charge in [0.05, 0.1) is 0 Å². The Bertz CT molecular complexity index is 660. The Morgan fingerprint density at radius 3 is 2.37 bits per heavy atom. The van der Waals surface area contributed by atoms with Crippen LogP contribution in [0, 0.1) is 11.2 Å². The van der Waals surface area contributed by atoms with Crippen LogP contribution in [-0.4, -0.2) is 50.3 Å². The summed E-state index contributed by atoms with van der Waals surface area (Å²) in [6.07, 6.45) is 8.69. The van der Waals surface area contributed by atoms with E-state index in [1.165, 1.54) is 69.4 Å². The van der Waals surface area contributed by atoms with Gasteiger partial charge >= 0.3 is 0 Å². The molecule has 4 aliphatic rings. The van der Waals surface area contributed by atoms with E-state index in [-0.39, 0.29) is 5.82 Å². The third kappa shape index (κ3) is 3.56. The van der Waals surface area contributed by atoms with Crippen molar-refractivity contribution in [2.45, 2.75) is 62.8 Å². The minimum atomic E-state index is -0.0709. The van der Waals surface area contributed by atoms with Gasteiger partial charge in [0, 0.05) is 32.3 Å². The van der Waals surface area contributed by atoms with Gasteiger partial charge in [-0.1, -0.05) is 6.07 Å². The summed E-state index contributed by atoms with van der Waals surface area (Å²) in [5, 5.41) is 3.48. The van der Waals surface area contributed by atoms with Crippen LogP contribution in [-0.2, 0) is 4.74 Å². The number of nitrogens with one attached hydrogen (secondary N) is 1. The van der Waals surface area contributed by atoms with Gasteiger partial charge in [-0.15, -0.1) is 0 Å². The van der Waals surface area contributed by atoms with E-state index in [1.54, 1.807) is 6.07 Å². The molecule has 3 heterocycles. The Balaban J connectivity index is 1.26. The summed E-state index contributed by atoms with van der Waals surface area (Å²) < 4.78 is 19.6. The van der Waals surface area contributed by atoms with Crippen molar-refractivity contribution in [3.8, 4) is 0 Å². The first-order valence-corrected chi connectivity index (χ1v) is 11.0. The second-order valence-corrected chi connectivity index (χ2v) is 9.47. The molecule has 0 bridgehead atoms. The van der Waals surface area contributed by atoms with Gasteiger partial charge in [0.1, 0.15) is 5.82 Å². The van der Waals surface area contributed by atoms with Crippen LogP contribution >= 0.6 is 0 Å². The quantitative estimate of drug-likeness (QED) is 0.867. The summed E-state index contributed by atoms with van der Waals surface area (Å²) in [4.78, 5) is 2.75. The molecule has 0 amide bonds. The van der Waals surface area contributed by atoms with E-state index in [4.69, 9.17) is 4.74 Å². The van der Waals surface area contributed by atoms with Crippen LogP contribution < -0.4 is 5.32 Å². The van der Waals surface area contributed by atoms with Gasteiger partial charge in [-0.25, -0.2) is 4.39 Å². The highest BCUT2D eigenvalue weighted by atomic mass is 19.1. The molecule has 1 atom stereocenters. The SMILES string of the molecule is Fc1ccc(C2CCOCC2)c(C2CCN([C@@H]3CCC4(CNC4)C3)CC2)c1. The molecule has 3 aliphatic heterocycles. The molecule has 1 aromatic carbocycles. The average molecular weight is 373 g/mol. The van der Waals surface area contributed by atoms with Gasteiger partial charge < -0.3 is 15.0 Å². The third-order valence-corrected chi connectivity index (χ3v) is 7.87. The number of ether oxygens (including phenoxy) is 1. The van der Waals surface area contributed by atoms with Crippen molar-refractivity contribution in [2.24, 2.45) is 5.41 Å². The zero-order chi connectivity index (χ0) is 18.3. The molecule has 1 aromatic rings. The summed E-state index contributed by atoms with van der Waals surface area (Å²) in [6.45, 7) is 6.52. The standard InChI is InChI=1S/C23H33FN2O/c24-19-1-2-21(18-6-11-27-12-7-18)22(13-19)17-4-9-26(10-5-17)20-3-8-23(14-20)15-25-16-23/h1-2,13,17-18,20,25H,3-12,14-16H2/t20-/m1/s1. The van der Waals surface area contributed by atoms with E-state index in [0.29, 0.717) is 17.3 Å². The summed E-state index contributed by atoms with van der Waals surface area (Å²) in [5.74, 6) is 1.00. The van der Waals surface area contributed by atoms with Crippen molar-refractivity contribution in [3.05, 3.63) is 35.1 Å². The first-order chi connectivity index (χ1) is 13.2. The molecule has 5 rings (SSSR count). The number of piperidine rings is 1. The van der Waals surface area contributed by atoms with Crippen LogP contribution in [0.1, 0.15) is 67.9 Å². The Morgan fingerprint density at radius 1 is 0.963 bits per heavy atom. The lowest BCUT2D eigenvalue weighted by Gasteiger charge is -2.42. The third-order valence-electron chi connectivity index (χ3n) is 7.87. The smallest absolute Gasteiger partial charge is 0.123 e. The maximum absolute atomic E-state index is 14.1. The minimum Gasteiger partial charge on any atom is -0.381 e. The van der Waals surface area contributed by atoms with Crippen LogP contribution in [0.25, 0.3) is 0 Å². The number of nitrogens with zero attached hydrogens (tertiary/aromatic N) is 1. The fraction of sp³-hybridized carbons (Fsp3) is 0.739. The summed E-state index contributed by atoms with van der Waals surface area (Å²) in [6, 6.07) is 6.36. The second kappa shape index (κ2) is 7.46. The van der Waals surface area contributed by atoms with Crippen molar-refractivity contribution in [2.75, 3.05) is 39.4 Å². The van der Waals surface area contributed by atoms with Crippen LogP contribution in [0.2, 0.25) is 0 Å². The second-order valence-electron chi connectivity index (χ2n) is 9.47. The number of halogens is 1. The molecule has 0 radical (unpaired) electrons. The van der Waals surface area contributed by atoms with Crippen molar-refractivity contribution < 1.29 is 9.13 Å². The minimum absolute atomic E-state index is 0.0709. The molecular weight excluding hydrogens is 339 g/mol. The number of rotatable bonds is 3. The van der Waals surface area contributed by atoms with Gasteiger partial charge in [-0.2, -0.15) is 0 Å². The number of benzene rings is 1. The molecule has 0 aromatic heterocycles. The highest BCUT2D eigenvalue weighted by Crippen LogP contribution is 2.45. The maximum atomic E-state index is 14.1. The van der Waals surface area contributed by atoms with Crippen LogP contribution in [0.4, 0.5) is 4.39 Å². The fourth-order valence-electron chi connectivity index (χ4n) is 6.14. The van der Waals surface area contributed by atoms with Crippen molar-refractivity contribution in [1.29, 1.82) is 0 Å². The Morgan fingerprint density at radius 2 is 1.70 bits per heavy atom. The first-order valence-electron chi connectivity index (χ1n) is 11.0. The predicted octanol–water partition coefficient (Wildman–Crippen LogP) is 4.04. The molecule has 1 aliphatic carbocycles. The molecule has 1 spiro atoms. The molecule has 3 nitrogen and oxygen atoms in total. The first kappa shape index (κ1) is 18.1. The van der Waals surface area contributed by atoms with Crippen molar-refractivity contribution >= 4 is 0 Å². The molecule has 3 saturated heterocycles. The lowest BCUT2D eigenvalue weighted by Crippen LogP contribution is -2.52. The van der Waals surface area contributed by atoms with E-state index >= 15 is 0 Å². The van der Waals surface area contributed by atoms with Crippen molar-refractivity contribution in [1.82, 2.24) is 10.2 Å². The summed E-state index contributed by atoms with van der Waals surface area (Å²) >= 11 is 0. The number of likely N-dealkylation sites (tertiary alicyclic amines) is 1. The van der Waals surface area contributed by atoms with Gasteiger partial charge in [0.2, 0.25) is 0 Å². The van der Waals surface area contributed by atoms with Crippen LogP contribution in [0.3, 0.4) is 0 Å². The number of hydrogen-bond donors (Lipinski definition) is 1. The Hall–Kier alpha value is -0.970. The largest absolute Gasteiger partial charge is 0.381 e. The van der Waals surface area contributed by atoms with E-state index < -0.39 is 0 Å². The molecule has 1 N–H and O–H groups in total. The zero-order valence-corrected chi connectivity index (χ0v) is 16.4. The van der Waals surface area contributed by atoms with Crippen LogP contribution in [0.15, 0.2) is 18.2 Å². The van der Waals surface area contributed by atoms with Gasteiger partial charge in [0.25, 0.3) is 0 Å². The van der Waals surface area contributed by atoms with Crippen molar-refractivity contribution in [3.63, 3.8) is 0 Å². The monoisotopic (exact) mass is 372 g/mol. The van der Waals surface area contributed by atoms with E-state index in [2.05, 4.69) is 16.3 Å². The average Bonchev–Trinajstić information content (AvgIpc) is 3.15. The molecule has 4 heteroatoms. The maximum Gasteiger partial charge on any atom is 0.123 e. The van der Waals surface area contributed by atoms with Gasteiger partial charge in [0.15, 0.2) is 0 Å². The topological polar surface area (TPSA) is 24.5 Å². The highest BCUT2D eigenvalue weighted by Gasteiger charge is 2.45. The Kier molecular flexibility index (Phi) is 4.99. The number of hydrogen-bond acceptors (Lipinski definition) is 3. The lowest BCUT2D eigenvalue weighted by atomic mass is 9.79. The predicted molar refractivity (Wildman–Crippen MR) is 106 cm³/mol. The van der Waals surface area contributed by atoms with E-state index in [9.17, 15) is 4.39 Å². The zero-order valence-electron chi connectivity index (χ0n) is 16.4. The fourth-order valence-corrected chi connectivity index (χ4v) is 6.14. The molecule has 1 saturated carbocycles. The molecule has 0 unspecified atom stereocenters. The highest BCUT2D eigenvalue weighted by molar-refractivity contribution is 5.35. The summed E-state index contributed by atoms with van der Waals surface area (Å²) in [5.41, 5.74) is 3.33. The lowest BCUT2D eigenvalue weighted by molar-refractivity contribution is 0.0847. The van der Waals surface area contributed by atoms with Crippen LogP contribution in [0.5, 0.6) is 0 Å². The molecule has 148 valence electrons.